The van der Waals surface area contributed by atoms with Crippen LogP contribution < -0.4 is 5.32 Å². The Morgan fingerprint density at radius 1 is 1.50 bits per heavy atom. The van der Waals surface area contributed by atoms with E-state index in [1.165, 1.54) is 6.20 Å². The summed E-state index contributed by atoms with van der Waals surface area (Å²) in [5.74, 6) is -0.234. The number of hydrogen-bond acceptors (Lipinski definition) is 4. The molecule has 1 aromatic rings. The third-order valence-electron chi connectivity index (χ3n) is 2.88. The fourth-order valence-electron chi connectivity index (χ4n) is 1.96. The zero-order chi connectivity index (χ0) is 13.4. The number of nitrogens with one attached hydrogen (secondary N) is 1. The van der Waals surface area contributed by atoms with Gasteiger partial charge in [0.05, 0.1) is 17.0 Å². The maximum Gasteiger partial charge on any atom is 0.270 e. The lowest BCUT2D eigenvalue weighted by molar-refractivity contribution is 0.0910. The Labute approximate surface area is 114 Å². The zero-order valence-corrected chi connectivity index (χ0v) is 12.2. The molecule has 1 saturated heterocycles. The van der Waals surface area contributed by atoms with Gasteiger partial charge in [0.1, 0.15) is 5.69 Å². The molecule has 1 unspecified atom stereocenters. The Kier molecular flexibility index (Phi) is 3.46. The number of carbonyl (C=O) groups excluding carboxylic acids is 1. The van der Waals surface area contributed by atoms with Crippen molar-refractivity contribution >= 4 is 31.7 Å². The molecule has 1 aliphatic heterocycles. The van der Waals surface area contributed by atoms with Crippen molar-refractivity contribution in [3.05, 3.63) is 28.5 Å². The molecule has 0 aliphatic carbocycles. The molecule has 2 heterocycles. The normalized spacial score (nSPS) is 25.9. The lowest BCUT2D eigenvalue weighted by atomic mass is 10.0. The van der Waals surface area contributed by atoms with Gasteiger partial charge in [-0.1, -0.05) is 0 Å². The Bertz CT molecular complexity index is 570. The van der Waals surface area contributed by atoms with Crippen molar-refractivity contribution in [3.63, 3.8) is 0 Å². The first-order chi connectivity index (χ1) is 8.30. The van der Waals surface area contributed by atoms with E-state index in [-0.39, 0.29) is 23.1 Å². The first-order valence-corrected chi connectivity index (χ1v) is 8.06. The second-order valence-corrected chi connectivity index (χ2v) is 7.82. The summed E-state index contributed by atoms with van der Waals surface area (Å²) in [6.45, 7) is 1.74. The van der Waals surface area contributed by atoms with Crippen molar-refractivity contribution < 1.29 is 13.2 Å². The molecule has 1 amide bonds. The minimum atomic E-state index is -3.03. The monoisotopic (exact) mass is 332 g/mol. The number of hydrogen-bond donors (Lipinski definition) is 1. The standard InChI is InChI=1S/C11H13BrN2O3S/c1-11(4-5-18(16,17)7-11)14-10(15)9-3-2-8(12)6-13-9/h2-3,6H,4-5,7H2,1H3,(H,14,15). The number of rotatable bonds is 2. The van der Waals surface area contributed by atoms with E-state index in [9.17, 15) is 13.2 Å². The number of sulfone groups is 1. The SMILES string of the molecule is CC1(NC(=O)c2ccc(Br)cn2)CCS(=O)(=O)C1. The highest BCUT2D eigenvalue weighted by atomic mass is 79.9. The maximum atomic E-state index is 11.9. The Hall–Kier alpha value is -0.950. The van der Waals surface area contributed by atoms with Gasteiger partial charge in [0.15, 0.2) is 9.84 Å². The highest BCUT2D eigenvalue weighted by Crippen LogP contribution is 2.23. The molecule has 1 fully saturated rings. The number of halogens is 1. The van der Waals surface area contributed by atoms with Gasteiger partial charge in [0, 0.05) is 10.7 Å². The summed E-state index contributed by atoms with van der Waals surface area (Å²) in [7, 11) is -3.03. The third kappa shape index (κ3) is 3.08. The molecule has 98 valence electrons. The molecule has 1 N–H and O–H groups in total. The van der Waals surface area contributed by atoms with Gasteiger partial charge >= 0.3 is 0 Å². The molecule has 7 heteroatoms. The molecule has 0 spiro atoms. The summed E-state index contributed by atoms with van der Waals surface area (Å²) >= 11 is 3.23. The van der Waals surface area contributed by atoms with Gasteiger partial charge < -0.3 is 5.32 Å². The van der Waals surface area contributed by atoms with Crippen LogP contribution in [0, 0.1) is 0 Å². The largest absolute Gasteiger partial charge is 0.344 e. The third-order valence-corrected chi connectivity index (χ3v) is 5.25. The van der Waals surface area contributed by atoms with Crippen LogP contribution in [0.15, 0.2) is 22.8 Å². The molecule has 1 aromatic heterocycles. The quantitative estimate of drug-likeness (QED) is 0.881. The fourth-order valence-corrected chi connectivity index (χ4v) is 4.28. The van der Waals surface area contributed by atoms with Crippen LogP contribution >= 0.6 is 15.9 Å². The second kappa shape index (κ2) is 4.62. The minimum absolute atomic E-state index is 0.0116. The van der Waals surface area contributed by atoms with Gasteiger partial charge in [0.2, 0.25) is 0 Å². The van der Waals surface area contributed by atoms with Gasteiger partial charge in [-0.2, -0.15) is 0 Å². The maximum absolute atomic E-state index is 11.9. The highest BCUT2D eigenvalue weighted by molar-refractivity contribution is 9.10. The van der Waals surface area contributed by atoms with Gasteiger partial charge in [-0.15, -0.1) is 0 Å². The van der Waals surface area contributed by atoms with E-state index in [4.69, 9.17) is 0 Å². The van der Waals surface area contributed by atoms with Crippen LogP contribution in [0.2, 0.25) is 0 Å². The highest BCUT2D eigenvalue weighted by Gasteiger charge is 2.39. The van der Waals surface area contributed by atoms with Crippen molar-refractivity contribution in [2.45, 2.75) is 18.9 Å². The van der Waals surface area contributed by atoms with Crippen LogP contribution in [0.3, 0.4) is 0 Å². The van der Waals surface area contributed by atoms with E-state index >= 15 is 0 Å². The van der Waals surface area contributed by atoms with Crippen molar-refractivity contribution in [1.29, 1.82) is 0 Å². The first kappa shape index (κ1) is 13.5. The van der Waals surface area contributed by atoms with Crippen LogP contribution in [0.5, 0.6) is 0 Å². The molecule has 0 radical (unpaired) electrons. The Morgan fingerprint density at radius 2 is 2.22 bits per heavy atom. The lowest BCUT2D eigenvalue weighted by Crippen LogP contribution is -2.47. The van der Waals surface area contributed by atoms with Crippen molar-refractivity contribution in [3.8, 4) is 0 Å². The predicted molar refractivity (Wildman–Crippen MR) is 71.1 cm³/mol. The number of nitrogens with zero attached hydrogens (tertiary/aromatic N) is 1. The van der Waals surface area contributed by atoms with E-state index in [1.807, 2.05) is 0 Å². The van der Waals surface area contributed by atoms with Gasteiger partial charge in [-0.25, -0.2) is 13.4 Å². The van der Waals surface area contributed by atoms with Crippen LogP contribution in [0.25, 0.3) is 0 Å². The fraction of sp³-hybridized carbons (Fsp3) is 0.455. The number of amides is 1. The molecule has 5 nitrogen and oxygen atoms in total. The predicted octanol–water partition coefficient (Wildman–Crippen LogP) is 1.15. The number of pyridine rings is 1. The summed E-state index contributed by atoms with van der Waals surface area (Å²) in [4.78, 5) is 15.9. The molecule has 1 aliphatic rings. The zero-order valence-electron chi connectivity index (χ0n) is 9.81. The summed E-state index contributed by atoms with van der Waals surface area (Å²) in [5, 5.41) is 2.75. The van der Waals surface area contributed by atoms with E-state index in [2.05, 4.69) is 26.2 Å². The van der Waals surface area contributed by atoms with E-state index in [0.717, 1.165) is 4.47 Å². The van der Waals surface area contributed by atoms with Crippen LogP contribution in [0.4, 0.5) is 0 Å². The Balaban J connectivity index is 2.10. The molecule has 2 rings (SSSR count). The first-order valence-electron chi connectivity index (χ1n) is 5.44. The minimum Gasteiger partial charge on any atom is -0.344 e. The molecule has 1 atom stereocenters. The van der Waals surface area contributed by atoms with Crippen molar-refractivity contribution in [2.75, 3.05) is 11.5 Å². The van der Waals surface area contributed by atoms with Crippen molar-refractivity contribution in [2.24, 2.45) is 0 Å². The van der Waals surface area contributed by atoms with E-state index in [0.29, 0.717) is 6.42 Å². The summed E-state index contributed by atoms with van der Waals surface area (Å²) in [5.41, 5.74) is -0.409. The van der Waals surface area contributed by atoms with E-state index in [1.54, 1.807) is 19.1 Å². The molecule has 0 saturated carbocycles. The summed E-state index contributed by atoms with van der Waals surface area (Å²) in [6.07, 6.45) is 1.97. The van der Waals surface area contributed by atoms with Gasteiger partial charge in [0.25, 0.3) is 5.91 Å². The Morgan fingerprint density at radius 3 is 2.72 bits per heavy atom. The van der Waals surface area contributed by atoms with Crippen LogP contribution in [0.1, 0.15) is 23.8 Å². The average molecular weight is 333 g/mol. The summed E-state index contributed by atoms with van der Waals surface area (Å²) in [6, 6.07) is 3.31. The second-order valence-electron chi connectivity index (χ2n) is 4.72. The number of aromatic nitrogens is 1. The van der Waals surface area contributed by atoms with Gasteiger partial charge in [-0.05, 0) is 41.4 Å². The summed E-state index contributed by atoms with van der Waals surface area (Å²) < 4.78 is 23.7. The lowest BCUT2D eigenvalue weighted by Gasteiger charge is -2.23. The molecular weight excluding hydrogens is 320 g/mol. The molecule has 18 heavy (non-hydrogen) atoms. The molecular formula is C11H13BrN2O3S. The van der Waals surface area contributed by atoms with Gasteiger partial charge in [-0.3, -0.25) is 4.79 Å². The topological polar surface area (TPSA) is 76.1 Å². The molecule has 0 bridgehead atoms. The smallest absolute Gasteiger partial charge is 0.270 e. The van der Waals surface area contributed by atoms with Crippen molar-refractivity contribution in [1.82, 2.24) is 10.3 Å². The van der Waals surface area contributed by atoms with Crippen LogP contribution in [-0.2, 0) is 9.84 Å². The van der Waals surface area contributed by atoms with Crippen LogP contribution in [-0.4, -0.2) is 36.4 Å². The van der Waals surface area contributed by atoms with E-state index < -0.39 is 15.4 Å². The molecule has 0 aromatic carbocycles. The number of carbonyl (C=O) groups is 1. The average Bonchev–Trinajstić information content (AvgIpc) is 2.53.